The molecule has 1 aromatic carbocycles. The van der Waals surface area contributed by atoms with E-state index in [2.05, 4.69) is 5.32 Å². The number of sulfone groups is 1. The molecule has 0 aromatic heterocycles. The van der Waals surface area contributed by atoms with Crippen LogP contribution in [-0.2, 0) is 22.1 Å². The first-order valence-electron chi connectivity index (χ1n) is 6.53. The highest BCUT2D eigenvalue weighted by Gasteiger charge is 2.15. The predicted octanol–water partition coefficient (Wildman–Crippen LogP) is 2.13. The number of unbranched alkanes of at least 4 members (excludes halogenated alkanes) is 1. The van der Waals surface area contributed by atoms with Crippen LogP contribution in [0.4, 0.5) is 0 Å². The minimum atomic E-state index is -3.06. The van der Waals surface area contributed by atoms with Crippen LogP contribution in [0.1, 0.15) is 30.9 Å². The highest BCUT2D eigenvalue weighted by atomic mass is 32.2. The summed E-state index contributed by atoms with van der Waals surface area (Å²) in [5.41, 5.74) is 1.80. The van der Waals surface area contributed by atoms with Crippen molar-refractivity contribution in [3.05, 3.63) is 29.3 Å². The van der Waals surface area contributed by atoms with Gasteiger partial charge in [-0.15, -0.1) is 0 Å². The molecule has 1 aromatic rings. The SMILES string of the molecule is CCCCS(=O)(=O)Cc1cc(CNC)ccc1OC. The van der Waals surface area contributed by atoms with Crippen molar-refractivity contribution in [3.63, 3.8) is 0 Å². The van der Waals surface area contributed by atoms with Gasteiger partial charge in [0.1, 0.15) is 5.75 Å². The van der Waals surface area contributed by atoms with E-state index in [-0.39, 0.29) is 11.5 Å². The lowest BCUT2D eigenvalue weighted by molar-refractivity contribution is 0.410. The molecule has 0 heterocycles. The van der Waals surface area contributed by atoms with Crippen molar-refractivity contribution in [2.75, 3.05) is 19.9 Å². The molecule has 5 heteroatoms. The molecule has 0 saturated carbocycles. The van der Waals surface area contributed by atoms with Crippen molar-refractivity contribution in [1.29, 1.82) is 0 Å². The Bertz CT molecular complexity index is 497. The van der Waals surface area contributed by atoms with Crippen LogP contribution in [0.15, 0.2) is 18.2 Å². The van der Waals surface area contributed by atoms with Gasteiger partial charge in [0.15, 0.2) is 9.84 Å². The van der Waals surface area contributed by atoms with E-state index in [4.69, 9.17) is 4.74 Å². The molecule has 0 unspecified atom stereocenters. The Labute approximate surface area is 116 Å². The Balaban J connectivity index is 2.94. The normalized spacial score (nSPS) is 11.5. The molecule has 108 valence electrons. The molecular weight excluding hydrogens is 262 g/mol. The van der Waals surface area contributed by atoms with Crippen LogP contribution in [-0.4, -0.2) is 28.3 Å². The monoisotopic (exact) mass is 285 g/mol. The molecule has 0 bridgehead atoms. The van der Waals surface area contributed by atoms with Crippen molar-refractivity contribution >= 4 is 9.84 Å². The molecule has 0 radical (unpaired) electrons. The van der Waals surface area contributed by atoms with Crippen LogP contribution in [0, 0.1) is 0 Å². The van der Waals surface area contributed by atoms with Crippen molar-refractivity contribution in [3.8, 4) is 5.75 Å². The molecule has 0 aliphatic heterocycles. The highest BCUT2D eigenvalue weighted by molar-refractivity contribution is 7.90. The Morgan fingerprint density at radius 2 is 2.05 bits per heavy atom. The number of hydrogen-bond donors (Lipinski definition) is 1. The van der Waals surface area contributed by atoms with E-state index in [1.165, 1.54) is 0 Å². The summed E-state index contributed by atoms with van der Waals surface area (Å²) in [7, 11) is 0.366. The van der Waals surface area contributed by atoms with E-state index in [1.54, 1.807) is 7.11 Å². The topological polar surface area (TPSA) is 55.4 Å². The Kier molecular flexibility index (Phi) is 6.31. The average molecular weight is 285 g/mol. The van der Waals surface area contributed by atoms with E-state index in [1.807, 2.05) is 32.2 Å². The van der Waals surface area contributed by atoms with E-state index in [9.17, 15) is 8.42 Å². The molecule has 0 atom stereocenters. The van der Waals surface area contributed by atoms with E-state index < -0.39 is 9.84 Å². The van der Waals surface area contributed by atoms with Crippen LogP contribution in [0.5, 0.6) is 5.75 Å². The smallest absolute Gasteiger partial charge is 0.154 e. The summed E-state index contributed by atoms with van der Waals surface area (Å²) in [5.74, 6) is 0.927. The number of nitrogens with one attached hydrogen (secondary N) is 1. The number of benzene rings is 1. The van der Waals surface area contributed by atoms with Gasteiger partial charge >= 0.3 is 0 Å². The Morgan fingerprint density at radius 3 is 2.63 bits per heavy atom. The molecular formula is C14H23NO3S. The fraction of sp³-hybridized carbons (Fsp3) is 0.571. The van der Waals surface area contributed by atoms with Gasteiger partial charge in [0.05, 0.1) is 18.6 Å². The zero-order valence-electron chi connectivity index (χ0n) is 11.9. The minimum Gasteiger partial charge on any atom is -0.496 e. The molecule has 4 nitrogen and oxygen atoms in total. The molecule has 1 N–H and O–H groups in total. The summed E-state index contributed by atoms with van der Waals surface area (Å²) in [6, 6.07) is 5.67. The fourth-order valence-corrected chi connectivity index (χ4v) is 3.50. The second kappa shape index (κ2) is 7.50. The third-order valence-electron chi connectivity index (χ3n) is 2.91. The van der Waals surface area contributed by atoms with Crippen LogP contribution in [0.25, 0.3) is 0 Å². The summed E-state index contributed by atoms with van der Waals surface area (Å²) in [6.07, 6.45) is 1.59. The zero-order valence-corrected chi connectivity index (χ0v) is 12.7. The number of hydrogen-bond acceptors (Lipinski definition) is 4. The van der Waals surface area contributed by atoms with Gasteiger partial charge in [-0.2, -0.15) is 0 Å². The molecule has 0 aliphatic rings. The Hall–Kier alpha value is -1.07. The molecule has 0 spiro atoms. The van der Waals surface area contributed by atoms with Gasteiger partial charge in [-0.05, 0) is 31.2 Å². The lowest BCUT2D eigenvalue weighted by atomic mass is 10.1. The Morgan fingerprint density at radius 1 is 1.32 bits per heavy atom. The molecule has 0 fully saturated rings. The molecule has 1 rings (SSSR count). The fourth-order valence-electron chi connectivity index (χ4n) is 1.93. The molecule has 19 heavy (non-hydrogen) atoms. The standard InChI is InChI=1S/C14H23NO3S/c1-4-5-8-19(16,17)11-13-9-12(10-15-2)6-7-14(13)18-3/h6-7,9,15H,4-5,8,10-11H2,1-3H3. The van der Waals surface area contributed by atoms with E-state index in [0.29, 0.717) is 18.7 Å². The maximum absolute atomic E-state index is 12.0. The molecule has 0 aliphatic carbocycles. The maximum Gasteiger partial charge on any atom is 0.154 e. The first-order valence-corrected chi connectivity index (χ1v) is 8.35. The zero-order chi connectivity index (χ0) is 14.3. The van der Waals surface area contributed by atoms with Crippen LogP contribution in [0.2, 0.25) is 0 Å². The summed E-state index contributed by atoms with van der Waals surface area (Å²) >= 11 is 0. The number of rotatable bonds is 8. The van der Waals surface area contributed by atoms with Crippen molar-refractivity contribution < 1.29 is 13.2 Å². The third-order valence-corrected chi connectivity index (χ3v) is 4.57. The quantitative estimate of drug-likeness (QED) is 0.795. The second-order valence-corrected chi connectivity index (χ2v) is 6.81. The summed E-state index contributed by atoms with van der Waals surface area (Å²) in [5, 5.41) is 3.06. The number of ether oxygens (including phenoxy) is 1. The first-order chi connectivity index (χ1) is 9.02. The summed E-state index contributed by atoms with van der Waals surface area (Å²) < 4.78 is 29.3. The highest BCUT2D eigenvalue weighted by Crippen LogP contribution is 2.22. The third kappa shape index (κ3) is 5.20. The van der Waals surface area contributed by atoms with Gasteiger partial charge in [-0.1, -0.05) is 19.4 Å². The van der Waals surface area contributed by atoms with Gasteiger partial charge in [0.25, 0.3) is 0 Å². The van der Waals surface area contributed by atoms with E-state index in [0.717, 1.165) is 17.5 Å². The van der Waals surface area contributed by atoms with Gasteiger partial charge in [0.2, 0.25) is 0 Å². The summed E-state index contributed by atoms with van der Waals surface area (Å²) in [4.78, 5) is 0. The average Bonchev–Trinajstić information content (AvgIpc) is 2.37. The predicted molar refractivity (Wildman–Crippen MR) is 78.2 cm³/mol. The maximum atomic E-state index is 12.0. The first kappa shape index (κ1) is 16.0. The van der Waals surface area contributed by atoms with Crippen molar-refractivity contribution in [1.82, 2.24) is 5.32 Å². The van der Waals surface area contributed by atoms with Gasteiger partial charge < -0.3 is 10.1 Å². The van der Waals surface area contributed by atoms with Gasteiger partial charge in [0, 0.05) is 12.1 Å². The minimum absolute atomic E-state index is 0.0493. The van der Waals surface area contributed by atoms with E-state index >= 15 is 0 Å². The van der Waals surface area contributed by atoms with Crippen molar-refractivity contribution in [2.24, 2.45) is 0 Å². The van der Waals surface area contributed by atoms with Crippen LogP contribution >= 0.6 is 0 Å². The number of methoxy groups -OCH3 is 1. The molecule has 0 saturated heterocycles. The lowest BCUT2D eigenvalue weighted by Crippen LogP contribution is -2.11. The second-order valence-electron chi connectivity index (χ2n) is 4.62. The lowest BCUT2D eigenvalue weighted by Gasteiger charge is -2.11. The van der Waals surface area contributed by atoms with Crippen LogP contribution < -0.4 is 10.1 Å². The van der Waals surface area contributed by atoms with Crippen LogP contribution in [0.3, 0.4) is 0 Å². The van der Waals surface area contributed by atoms with Gasteiger partial charge in [-0.25, -0.2) is 8.42 Å². The summed E-state index contributed by atoms with van der Waals surface area (Å²) in [6.45, 7) is 2.70. The largest absolute Gasteiger partial charge is 0.496 e. The van der Waals surface area contributed by atoms with Crippen molar-refractivity contribution in [2.45, 2.75) is 32.1 Å². The van der Waals surface area contributed by atoms with Gasteiger partial charge in [-0.3, -0.25) is 0 Å². The molecule has 0 amide bonds.